The summed E-state index contributed by atoms with van der Waals surface area (Å²) in [6.07, 6.45) is 1.63. The Morgan fingerprint density at radius 1 is 1.19 bits per heavy atom. The highest BCUT2D eigenvalue weighted by Crippen LogP contribution is 2.22. The number of Topliss-reactive ketones (excluding diaryl/α,β-unsaturated/α-hetero) is 1. The molecule has 6 heteroatoms. The summed E-state index contributed by atoms with van der Waals surface area (Å²) in [5, 5.41) is 3.23. The van der Waals surface area contributed by atoms with Crippen LogP contribution in [0, 0.1) is 0 Å². The van der Waals surface area contributed by atoms with Crippen molar-refractivity contribution in [3.05, 3.63) is 67.9 Å². The number of hydrogen-bond acceptors (Lipinski definition) is 3. The Morgan fingerprint density at radius 2 is 2.00 bits per heavy atom. The first kappa shape index (κ1) is 14.3. The number of pyridine rings is 1. The van der Waals surface area contributed by atoms with E-state index in [0.717, 1.165) is 4.70 Å². The molecule has 0 saturated heterocycles. The summed E-state index contributed by atoms with van der Waals surface area (Å²) >= 11 is 13.3. The molecule has 0 bridgehead atoms. The van der Waals surface area contributed by atoms with Crippen molar-refractivity contribution in [2.75, 3.05) is 0 Å². The van der Waals surface area contributed by atoms with Crippen molar-refractivity contribution in [2.45, 2.75) is 6.54 Å². The summed E-state index contributed by atoms with van der Waals surface area (Å²) in [5.41, 5.74) is 0.186. The monoisotopic (exact) mass is 337 g/mol. The number of halogens is 2. The lowest BCUT2D eigenvalue weighted by Crippen LogP contribution is -2.23. The van der Waals surface area contributed by atoms with Crippen molar-refractivity contribution in [3.63, 3.8) is 0 Å². The number of fused-ring (bicyclic) bond motifs is 1. The second-order valence-electron chi connectivity index (χ2n) is 4.49. The molecular weight excluding hydrogens is 329 g/mol. The molecule has 0 aliphatic rings. The van der Waals surface area contributed by atoms with Crippen LogP contribution in [-0.4, -0.2) is 10.4 Å². The summed E-state index contributed by atoms with van der Waals surface area (Å²) in [6.45, 7) is -0.0496. The van der Waals surface area contributed by atoms with E-state index in [9.17, 15) is 9.59 Å². The molecule has 0 fully saturated rings. The van der Waals surface area contributed by atoms with Gasteiger partial charge in [-0.15, -0.1) is 11.3 Å². The maximum Gasteiger partial charge on any atom is 0.259 e. The highest BCUT2D eigenvalue weighted by molar-refractivity contribution is 7.17. The largest absolute Gasteiger partial charge is 0.307 e. The van der Waals surface area contributed by atoms with Crippen LogP contribution in [0.3, 0.4) is 0 Å². The third kappa shape index (κ3) is 2.75. The number of hydrogen-bond donors (Lipinski definition) is 0. The van der Waals surface area contributed by atoms with Gasteiger partial charge in [0.2, 0.25) is 0 Å². The molecule has 21 heavy (non-hydrogen) atoms. The number of aromatic nitrogens is 1. The predicted molar refractivity (Wildman–Crippen MR) is 86.9 cm³/mol. The Morgan fingerprint density at radius 3 is 2.76 bits per heavy atom. The van der Waals surface area contributed by atoms with Crippen molar-refractivity contribution in [1.82, 2.24) is 4.57 Å². The molecule has 106 valence electrons. The lowest BCUT2D eigenvalue weighted by atomic mass is 10.1. The van der Waals surface area contributed by atoms with Gasteiger partial charge in [-0.1, -0.05) is 23.2 Å². The number of nitrogens with zero attached hydrogens (tertiary/aromatic N) is 1. The second-order valence-corrected chi connectivity index (χ2v) is 6.29. The first-order valence-corrected chi connectivity index (χ1v) is 7.75. The molecule has 0 saturated carbocycles. The smallest absolute Gasteiger partial charge is 0.259 e. The van der Waals surface area contributed by atoms with Crippen LogP contribution in [0.4, 0.5) is 0 Å². The molecule has 1 aromatic carbocycles. The van der Waals surface area contributed by atoms with Gasteiger partial charge in [0.15, 0.2) is 5.78 Å². The highest BCUT2D eigenvalue weighted by Gasteiger charge is 2.13. The van der Waals surface area contributed by atoms with Gasteiger partial charge < -0.3 is 4.57 Å². The fraction of sp³-hybridized carbons (Fsp3) is 0.0667. The molecule has 2 heterocycles. The molecule has 0 spiro atoms. The van der Waals surface area contributed by atoms with E-state index in [1.807, 2.05) is 11.4 Å². The Labute approximate surface area is 134 Å². The van der Waals surface area contributed by atoms with Gasteiger partial charge in [0.25, 0.3) is 5.56 Å². The minimum atomic E-state index is -0.228. The normalized spacial score (nSPS) is 11.0. The first-order valence-electron chi connectivity index (χ1n) is 6.11. The Hall–Kier alpha value is -1.62. The van der Waals surface area contributed by atoms with Crippen molar-refractivity contribution >= 4 is 50.4 Å². The Balaban J connectivity index is 1.96. The van der Waals surface area contributed by atoms with E-state index in [1.165, 1.54) is 22.0 Å². The van der Waals surface area contributed by atoms with Crippen molar-refractivity contribution < 1.29 is 4.79 Å². The Bertz CT molecular complexity index is 898. The molecule has 0 amide bonds. The molecule has 3 nitrogen and oxygen atoms in total. The molecule has 3 aromatic rings. The first-order chi connectivity index (χ1) is 10.1. The zero-order valence-corrected chi connectivity index (χ0v) is 13.0. The fourth-order valence-corrected chi connectivity index (χ4v) is 3.37. The van der Waals surface area contributed by atoms with E-state index in [0.29, 0.717) is 16.0 Å². The average Bonchev–Trinajstić information content (AvgIpc) is 2.91. The zero-order valence-electron chi connectivity index (χ0n) is 10.7. The highest BCUT2D eigenvalue weighted by atomic mass is 35.5. The maximum atomic E-state index is 12.3. The van der Waals surface area contributed by atoms with Gasteiger partial charge >= 0.3 is 0 Å². The van der Waals surface area contributed by atoms with Crippen LogP contribution in [0.25, 0.3) is 10.1 Å². The molecule has 0 N–H and O–H groups in total. The van der Waals surface area contributed by atoms with Crippen LogP contribution >= 0.6 is 34.5 Å². The van der Waals surface area contributed by atoms with Crippen molar-refractivity contribution in [2.24, 2.45) is 0 Å². The standard InChI is InChI=1S/C15H9Cl2NO2S/c16-9-1-2-10(12(17)7-9)13(19)8-18-5-3-14-11(15(18)20)4-6-21-14/h1-7H,8H2. The minimum Gasteiger partial charge on any atom is -0.307 e. The van der Waals surface area contributed by atoms with Gasteiger partial charge in [-0.25, -0.2) is 0 Å². The van der Waals surface area contributed by atoms with Crippen LogP contribution in [0.2, 0.25) is 10.0 Å². The molecule has 0 aliphatic heterocycles. The molecule has 2 aromatic heterocycles. The van der Waals surface area contributed by atoms with E-state index < -0.39 is 0 Å². The van der Waals surface area contributed by atoms with E-state index in [2.05, 4.69) is 0 Å². The third-order valence-corrected chi connectivity index (χ3v) is 4.57. The number of benzene rings is 1. The van der Waals surface area contributed by atoms with Crippen LogP contribution in [0.5, 0.6) is 0 Å². The lowest BCUT2D eigenvalue weighted by molar-refractivity contribution is 0.0971. The summed E-state index contributed by atoms with van der Waals surface area (Å²) in [6, 6.07) is 8.28. The molecule has 0 unspecified atom stereocenters. The fourth-order valence-electron chi connectivity index (χ4n) is 2.09. The zero-order chi connectivity index (χ0) is 15.0. The van der Waals surface area contributed by atoms with Gasteiger partial charge in [-0.3, -0.25) is 9.59 Å². The van der Waals surface area contributed by atoms with Crippen molar-refractivity contribution in [3.8, 4) is 0 Å². The number of carbonyl (C=O) groups excluding carboxylic acids is 1. The Kier molecular flexibility index (Phi) is 3.85. The van der Waals surface area contributed by atoms with E-state index in [1.54, 1.807) is 24.4 Å². The predicted octanol–water partition coefficient (Wildman–Crippen LogP) is 4.25. The maximum absolute atomic E-state index is 12.3. The number of rotatable bonds is 3. The molecule has 0 atom stereocenters. The molecular formula is C15H9Cl2NO2S. The average molecular weight is 338 g/mol. The van der Waals surface area contributed by atoms with Crippen LogP contribution < -0.4 is 5.56 Å². The van der Waals surface area contributed by atoms with E-state index >= 15 is 0 Å². The van der Waals surface area contributed by atoms with Crippen molar-refractivity contribution in [1.29, 1.82) is 0 Å². The van der Waals surface area contributed by atoms with E-state index in [-0.39, 0.29) is 22.9 Å². The van der Waals surface area contributed by atoms with Gasteiger partial charge in [0.1, 0.15) is 0 Å². The molecule has 0 radical (unpaired) electrons. The lowest BCUT2D eigenvalue weighted by Gasteiger charge is -2.07. The number of carbonyl (C=O) groups is 1. The van der Waals surface area contributed by atoms with Crippen LogP contribution in [0.1, 0.15) is 10.4 Å². The second kappa shape index (κ2) is 5.64. The van der Waals surface area contributed by atoms with Gasteiger partial charge in [-0.2, -0.15) is 0 Å². The summed E-state index contributed by atoms with van der Waals surface area (Å²) in [4.78, 5) is 24.5. The third-order valence-electron chi connectivity index (χ3n) is 3.14. The van der Waals surface area contributed by atoms with Gasteiger partial charge in [0.05, 0.1) is 17.0 Å². The minimum absolute atomic E-state index is 0.0496. The van der Waals surface area contributed by atoms with Gasteiger partial charge in [0, 0.05) is 21.5 Å². The quantitative estimate of drug-likeness (QED) is 0.670. The molecule has 3 rings (SSSR count). The van der Waals surface area contributed by atoms with Crippen LogP contribution in [-0.2, 0) is 6.54 Å². The summed E-state index contributed by atoms with van der Waals surface area (Å²) in [5.74, 6) is -0.228. The summed E-state index contributed by atoms with van der Waals surface area (Å²) < 4.78 is 2.30. The SMILES string of the molecule is O=C(Cn1ccc2sccc2c1=O)c1ccc(Cl)cc1Cl. The number of ketones is 1. The van der Waals surface area contributed by atoms with Crippen LogP contribution in [0.15, 0.2) is 46.7 Å². The topological polar surface area (TPSA) is 39.1 Å². The van der Waals surface area contributed by atoms with Gasteiger partial charge in [-0.05, 0) is 35.7 Å². The summed E-state index contributed by atoms with van der Waals surface area (Å²) in [7, 11) is 0. The molecule has 0 aliphatic carbocycles. The number of thiophene rings is 1. The van der Waals surface area contributed by atoms with E-state index in [4.69, 9.17) is 23.2 Å².